The van der Waals surface area contributed by atoms with Gasteiger partial charge in [0.15, 0.2) is 0 Å². The predicted molar refractivity (Wildman–Crippen MR) is 193 cm³/mol. The quantitative estimate of drug-likeness (QED) is 0.0519. The van der Waals surface area contributed by atoms with E-state index in [-0.39, 0.29) is 11.6 Å². The first-order valence-corrected chi connectivity index (χ1v) is 17.5. The van der Waals surface area contributed by atoms with Gasteiger partial charge in [-0.3, -0.25) is 9.89 Å². The standard InChI is InChI=1S/C37H48ClN7O3/c1-4-7-8-9-10-14-24-39-48-36-35(37(46)45(44-36)32-15-12-11-13-16-32)43-41-31-21-22-34(33(38)26-31)42-40-30-19-17-29(18-20-30)23-25-47-27-28(5-2)6-3/h11-13,15-22,26,28,39,44H,4-10,14,23-25,27H2,1-3H3. The van der Waals surface area contributed by atoms with Crippen LogP contribution >= 0.6 is 11.6 Å². The molecule has 0 unspecified atom stereocenters. The fourth-order valence-electron chi connectivity index (χ4n) is 4.98. The number of azo groups is 2. The third-order valence-corrected chi connectivity index (χ3v) is 8.41. The Morgan fingerprint density at radius 2 is 1.54 bits per heavy atom. The molecule has 0 radical (unpaired) electrons. The Kier molecular flexibility index (Phi) is 15.5. The Bertz CT molecular complexity index is 1630. The van der Waals surface area contributed by atoms with E-state index >= 15 is 0 Å². The second kappa shape index (κ2) is 20.3. The second-order valence-corrected chi connectivity index (χ2v) is 12.1. The molecule has 0 spiro atoms. The smallest absolute Gasteiger partial charge is 0.303 e. The van der Waals surface area contributed by atoms with E-state index in [9.17, 15) is 4.79 Å². The summed E-state index contributed by atoms with van der Waals surface area (Å²) in [7, 11) is 0. The summed E-state index contributed by atoms with van der Waals surface area (Å²) in [5.41, 5.74) is 6.10. The molecule has 0 amide bonds. The Morgan fingerprint density at radius 1 is 0.833 bits per heavy atom. The molecule has 1 heterocycles. The summed E-state index contributed by atoms with van der Waals surface area (Å²) >= 11 is 6.53. The van der Waals surface area contributed by atoms with Gasteiger partial charge in [-0.1, -0.05) is 108 Å². The molecule has 1 aromatic heterocycles. The number of rotatable bonds is 21. The molecule has 10 nitrogen and oxygen atoms in total. The van der Waals surface area contributed by atoms with Crippen molar-refractivity contribution in [2.24, 2.45) is 26.4 Å². The Labute approximate surface area is 288 Å². The maximum atomic E-state index is 13.3. The van der Waals surface area contributed by atoms with Gasteiger partial charge >= 0.3 is 5.56 Å². The molecule has 0 saturated carbocycles. The van der Waals surface area contributed by atoms with E-state index in [4.69, 9.17) is 21.2 Å². The van der Waals surface area contributed by atoms with Gasteiger partial charge in [-0.05, 0) is 66.8 Å². The first-order valence-electron chi connectivity index (χ1n) is 17.1. The van der Waals surface area contributed by atoms with Crippen LogP contribution in [0.5, 0.6) is 5.88 Å². The number of H-pyrrole nitrogens is 1. The minimum absolute atomic E-state index is 0.0373. The Hall–Kier alpha value is -4.12. The molecule has 11 heteroatoms. The van der Waals surface area contributed by atoms with E-state index < -0.39 is 5.56 Å². The third kappa shape index (κ3) is 11.5. The van der Waals surface area contributed by atoms with Gasteiger partial charge in [-0.2, -0.15) is 15.7 Å². The number of hydrogen-bond acceptors (Lipinski definition) is 8. The molecule has 3 aromatic carbocycles. The van der Waals surface area contributed by atoms with Gasteiger partial charge in [0.1, 0.15) is 5.69 Å². The number of hydroxylamine groups is 1. The molecule has 2 N–H and O–H groups in total. The lowest BCUT2D eigenvalue weighted by Crippen LogP contribution is -2.20. The van der Waals surface area contributed by atoms with E-state index in [0.29, 0.717) is 41.2 Å². The van der Waals surface area contributed by atoms with Crippen LogP contribution < -0.4 is 15.9 Å². The fourth-order valence-corrected chi connectivity index (χ4v) is 5.19. The van der Waals surface area contributed by atoms with Crippen LogP contribution in [0.1, 0.15) is 77.7 Å². The molecule has 0 bridgehead atoms. The molecule has 256 valence electrons. The van der Waals surface area contributed by atoms with Gasteiger partial charge in [-0.15, -0.1) is 10.2 Å². The highest BCUT2D eigenvalue weighted by Gasteiger charge is 2.17. The van der Waals surface area contributed by atoms with Crippen LogP contribution in [0, 0.1) is 5.92 Å². The van der Waals surface area contributed by atoms with E-state index in [1.807, 2.05) is 54.6 Å². The van der Waals surface area contributed by atoms with Crippen molar-refractivity contribution in [3.05, 3.63) is 93.7 Å². The summed E-state index contributed by atoms with van der Waals surface area (Å²) in [6, 6.07) is 22.2. The highest BCUT2D eigenvalue weighted by atomic mass is 35.5. The number of para-hydroxylation sites is 1. The molecule has 0 aliphatic carbocycles. The molecule has 4 rings (SSSR count). The van der Waals surface area contributed by atoms with Crippen LogP contribution in [0.15, 0.2) is 98.0 Å². The fraction of sp³-hybridized carbons (Fsp3) is 0.432. The number of hydrogen-bond donors (Lipinski definition) is 2. The number of nitrogens with zero attached hydrogens (tertiary/aromatic N) is 5. The van der Waals surface area contributed by atoms with Gasteiger partial charge in [-0.25, -0.2) is 4.68 Å². The number of aromatic nitrogens is 2. The van der Waals surface area contributed by atoms with E-state index in [1.165, 1.54) is 35.9 Å². The van der Waals surface area contributed by atoms with Crippen molar-refractivity contribution in [3.8, 4) is 11.6 Å². The molecule has 4 aromatic rings. The monoisotopic (exact) mass is 673 g/mol. The van der Waals surface area contributed by atoms with Crippen molar-refractivity contribution in [2.75, 3.05) is 19.8 Å². The molecule has 0 aliphatic rings. The number of halogens is 1. The molecular weight excluding hydrogens is 626 g/mol. The molecular formula is C37H48ClN7O3. The third-order valence-electron chi connectivity index (χ3n) is 8.10. The molecule has 0 aliphatic heterocycles. The SMILES string of the molecule is CCCCCCCCNOc1[nH]n(-c2ccccc2)c(=O)c1N=Nc1ccc(N=Nc2ccc(CCOCC(CC)CC)cc2)c(Cl)c1. The summed E-state index contributed by atoms with van der Waals surface area (Å²) in [5.74, 6) is 0.804. The number of ether oxygens (including phenoxy) is 1. The van der Waals surface area contributed by atoms with Crippen LogP contribution in [-0.4, -0.2) is 29.5 Å². The zero-order valence-electron chi connectivity index (χ0n) is 28.3. The largest absolute Gasteiger partial charge is 0.386 e. The molecule has 0 atom stereocenters. The lowest BCUT2D eigenvalue weighted by atomic mass is 10.1. The Morgan fingerprint density at radius 3 is 2.27 bits per heavy atom. The van der Waals surface area contributed by atoms with Crippen molar-refractivity contribution < 1.29 is 9.57 Å². The number of unbranched alkanes of at least 4 members (excludes halogenated alkanes) is 5. The van der Waals surface area contributed by atoms with Gasteiger partial charge in [0, 0.05) is 13.2 Å². The van der Waals surface area contributed by atoms with Crippen LogP contribution in [0.3, 0.4) is 0 Å². The average molecular weight is 674 g/mol. The second-order valence-electron chi connectivity index (χ2n) is 11.7. The summed E-state index contributed by atoms with van der Waals surface area (Å²) in [6.07, 6.45) is 10.1. The normalized spacial score (nSPS) is 11.8. The summed E-state index contributed by atoms with van der Waals surface area (Å²) in [5, 5.41) is 20.6. The van der Waals surface area contributed by atoms with Crippen LogP contribution in [-0.2, 0) is 11.2 Å². The number of benzene rings is 3. The highest BCUT2D eigenvalue weighted by Crippen LogP contribution is 2.32. The van der Waals surface area contributed by atoms with Gasteiger partial charge < -0.3 is 9.57 Å². The number of nitrogens with one attached hydrogen (secondary N) is 2. The van der Waals surface area contributed by atoms with E-state index in [1.54, 1.807) is 18.2 Å². The van der Waals surface area contributed by atoms with Crippen molar-refractivity contribution >= 4 is 34.4 Å². The van der Waals surface area contributed by atoms with Gasteiger partial charge in [0.25, 0.3) is 5.88 Å². The molecule has 48 heavy (non-hydrogen) atoms. The van der Waals surface area contributed by atoms with E-state index in [2.05, 4.69) is 51.8 Å². The number of aromatic amines is 1. The highest BCUT2D eigenvalue weighted by molar-refractivity contribution is 6.33. The zero-order chi connectivity index (χ0) is 34.0. The maximum Gasteiger partial charge on any atom is 0.303 e. The minimum atomic E-state index is -0.391. The summed E-state index contributed by atoms with van der Waals surface area (Å²) < 4.78 is 7.23. The predicted octanol–water partition coefficient (Wildman–Crippen LogP) is 10.9. The van der Waals surface area contributed by atoms with Crippen molar-refractivity contribution in [3.63, 3.8) is 0 Å². The van der Waals surface area contributed by atoms with Crippen LogP contribution in [0.25, 0.3) is 5.69 Å². The van der Waals surface area contributed by atoms with Crippen LogP contribution in [0.4, 0.5) is 22.7 Å². The first-order chi connectivity index (χ1) is 23.5. The first kappa shape index (κ1) is 36.7. The lowest BCUT2D eigenvalue weighted by molar-refractivity contribution is 0.0989. The topological polar surface area (TPSA) is 118 Å². The van der Waals surface area contributed by atoms with Crippen molar-refractivity contribution in [2.45, 2.75) is 78.6 Å². The zero-order valence-corrected chi connectivity index (χ0v) is 29.1. The summed E-state index contributed by atoms with van der Waals surface area (Å²) in [6.45, 7) is 8.77. The van der Waals surface area contributed by atoms with Gasteiger partial charge in [0.05, 0.1) is 28.7 Å². The van der Waals surface area contributed by atoms with E-state index in [0.717, 1.165) is 44.4 Å². The molecule has 0 fully saturated rings. The average Bonchev–Trinajstić information content (AvgIpc) is 3.43. The maximum absolute atomic E-state index is 13.3. The van der Waals surface area contributed by atoms with Crippen molar-refractivity contribution in [1.29, 1.82) is 0 Å². The lowest BCUT2D eigenvalue weighted by Gasteiger charge is -2.12. The van der Waals surface area contributed by atoms with Gasteiger partial charge in [0.2, 0.25) is 5.69 Å². The van der Waals surface area contributed by atoms with Crippen LogP contribution in [0.2, 0.25) is 5.02 Å². The molecule has 0 saturated heterocycles. The summed E-state index contributed by atoms with van der Waals surface area (Å²) in [4.78, 5) is 19.1. The minimum Gasteiger partial charge on any atom is -0.386 e. The Balaban J connectivity index is 1.38. The van der Waals surface area contributed by atoms with Crippen molar-refractivity contribution in [1.82, 2.24) is 15.3 Å².